The fourth-order valence-corrected chi connectivity index (χ4v) is 0.765. The third-order valence-corrected chi connectivity index (χ3v) is 1.80. The van der Waals surface area contributed by atoms with Crippen LogP contribution in [0.4, 0.5) is 35.1 Å². The molecule has 0 N–H and O–H groups in total. The van der Waals surface area contributed by atoms with Crippen LogP contribution in [0.5, 0.6) is 0 Å². The van der Waals surface area contributed by atoms with Gasteiger partial charge in [0, 0.05) is 6.42 Å². The molecule has 0 bridgehead atoms. The van der Waals surface area contributed by atoms with Gasteiger partial charge in [-0.2, -0.15) is 17.6 Å². The van der Waals surface area contributed by atoms with E-state index in [0.717, 1.165) is 0 Å². The molecule has 15 heavy (non-hydrogen) atoms. The van der Waals surface area contributed by atoms with Gasteiger partial charge < -0.3 is 0 Å². The summed E-state index contributed by atoms with van der Waals surface area (Å²) in [6.07, 6.45) is -13.7. The fourth-order valence-electron chi connectivity index (χ4n) is 0.765. The van der Waals surface area contributed by atoms with Crippen LogP contribution in [-0.2, 0) is 0 Å². The fraction of sp³-hybridized carbons (Fsp3) is 1.00. The number of rotatable bonds is 5. The van der Waals surface area contributed by atoms with Crippen molar-refractivity contribution in [2.45, 2.75) is 44.0 Å². The van der Waals surface area contributed by atoms with Gasteiger partial charge >= 0.3 is 11.8 Å². The Labute approximate surface area is 80.3 Å². The van der Waals surface area contributed by atoms with E-state index < -0.39 is 37.0 Å². The smallest absolute Gasteiger partial charge is 0.238 e. The zero-order valence-electron chi connectivity index (χ0n) is 7.46. The molecular weight excluding hydrogens is 236 g/mol. The lowest BCUT2D eigenvalue weighted by atomic mass is 10.0. The summed E-state index contributed by atoms with van der Waals surface area (Å²) < 4.78 is 97.4. The molecule has 0 aromatic heterocycles. The van der Waals surface area contributed by atoms with Crippen LogP contribution in [0.1, 0.15) is 13.3 Å². The molecule has 0 amide bonds. The number of hydrogen-bond donors (Lipinski definition) is 0. The molecule has 0 heterocycles. The third kappa shape index (κ3) is 2.72. The lowest BCUT2D eigenvalue weighted by molar-refractivity contribution is -0.255. The minimum absolute atomic E-state index is 0.607. The zero-order valence-corrected chi connectivity index (χ0v) is 7.46. The van der Waals surface area contributed by atoms with E-state index in [2.05, 4.69) is 0 Å². The summed E-state index contributed by atoms with van der Waals surface area (Å²) >= 11 is 0. The molecule has 8 heteroatoms. The second-order valence-corrected chi connectivity index (χ2v) is 2.86. The molecule has 1 unspecified atom stereocenters. The second kappa shape index (κ2) is 4.52. The van der Waals surface area contributed by atoms with Gasteiger partial charge in [0.2, 0.25) is 6.17 Å². The first-order chi connectivity index (χ1) is 6.58. The molecule has 2 atom stereocenters. The molecule has 0 aliphatic rings. The molecule has 0 aromatic carbocycles. The predicted molar refractivity (Wildman–Crippen MR) is 36.0 cm³/mol. The van der Waals surface area contributed by atoms with Gasteiger partial charge in [-0.05, 0) is 0 Å². The summed E-state index contributed by atoms with van der Waals surface area (Å²) in [6.45, 7) is 0.607. The van der Waals surface area contributed by atoms with Gasteiger partial charge in [-0.25, -0.2) is 17.6 Å². The Kier molecular flexibility index (Phi) is 4.36. The van der Waals surface area contributed by atoms with Crippen LogP contribution in [0.3, 0.4) is 0 Å². The van der Waals surface area contributed by atoms with E-state index in [1.807, 2.05) is 0 Å². The molecule has 0 aliphatic heterocycles. The van der Waals surface area contributed by atoms with Gasteiger partial charge in [0.15, 0.2) is 6.17 Å². The van der Waals surface area contributed by atoms with E-state index in [9.17, 15) is 35.1 Å². The van der Waals surface area contributed by atoms with Crippen molar-refractivity contribution in [3.63, 3.8) is 0 Å². The Morgan fingerprint density at radius 3 is 1.60 bits per heavy atom. The minimum atomic E-state index is -5.45. The van der Waals surface area contributed by atoms with Gasteiger partial charge in [-0.3, -0.25) is 0 Å². The lowest BCUT2D eigenvalue weighted by Gasteiger charge is -2.29. The van der Waals surface area contributed by atoms with E-state index in [1.54, 1.807) is 0 Å². The summed E-state index contributed by atoms with van der Waals surface area (Å²) in [5.74, 6) is -10.3. The topological polar surface area (TPSA) is 0 Å². The quantitative estimate of drug-likeness (QED) is 0.648. The first kappa shape index (κ1) is 14.4. The SMILES string of the molecule is CCC(F)(F)C(F)(F)[C@@H](F)C(F)C(F)F. The van der Waals surface area contributed by atoms with Crippen molar-refractivity contribution in [3.05, 3.63) is 0 Å². The molecule has 0 nitrogen and oxygen atoms in total. The van der Waals surface area contributed by atoms with Crippen molar-refractivity contribution < 1.29 is 35.1 Å². The first-order valence-electron chi connectivity index (χ1n) is 3.89. The summed E-state index contributed by atoms with van der Waals surface area (Å²) in [7, 11) is 0. The molecule has 92 valence electrons. The minimum Gasteiger partial charge on any atom is -0.238 e. The molecule has 0 fully saturated rings. The highest BCUT2D eigenvalue weighted by molar-refractivity contribution is 4.94. The van der Waals surface area contributed by atoms with Crippen LogP contribution in [0.25, 0.3) is 0 Å². The largest absolute Gasteiger partial charge is 0.343 e. The molecule has 0 aliphatic carbocycles. The predicted octanol–water partition coefficient (Wildman–Crippen LogP) is 3.61. The van der Waals surface area contributed by atoms with Crippen LogP contribution in [0.2, 0.25) is 0 Å². The number of halogens is 8. The highest BCUT2D eigenvalue weighted by Gasteiger charge is 2.64. The van der Waals surface area contributed by atoms with Crippen molar-refractivity contribution in [2.24, 2.45) is 0 Å². The van der Waals surface area contributed by atoms with E-state index in [-0.39, 0.29) is 0 Å². The molecule has 0 spiro atoms. The van der Waals surface area contributed by atoms with Crippen LogP contribution in [-0.4, -0.2) is 30.6 Å². The first-order valence-corrected chi connectivity index (χ1v) is 3.89. The maximum absolute atomic E-state index is 12.5. The van der Waals surface area contributed by atoms with Crippen LogP contribution in [0.15, 0.2) is 0 Å². The molecule has 0 saturated heterocycles. The Morgan fingerprint density at radius 2 is 1.33 bits per heavy atom. The second-order valence-electron chi connectivity index (χ2n) is 2.86. The van der Waals surface area contributed by atoms with Crippen molar-refractivity contribution in [2.75, 3.05) is 0 Å². The maximum Gasteiger partial charge on any atom is 0.343 e. The lowest BCUT2D eigenvalue weighted by Crippen LogP contribution is -2.52. The Hall–Kier alpha value is -0.560. The molecule has 0 aromatic rings. The monoisotopic (exact) mass is 244 g/mol. The Bertz CT molecular complexity index is 201. The van der Waals surface area contributed by atoms with Gasteiger partial charge in [0.05, 0.1) is 0 Å². The molecule has 0 rings (SSSR count). The van der Waals surface area contributed by atoms with Crippen LogP contribution >= 0.6 is 0 Å². The Balaban J connectivity index is 4.87. The van der Waals surface area contributed by atoms with Crippen LogP contribution in [0, 0.1) is 0 Å². The number of hydrogen-bond acceptors (Lipinski definition) is 0. The van der Waals surface area contributed by atoms with Crippen LogP contribution < -0.4 is 0 Å². The molecular formula is C7H8F8. The van der Waals surface area contributed by atoms with Gasteiger partial charge in [0.25, 0.3) is 6.43 Å². The summed E-state index contributed by atoms with van der Waals surface area (Å²) in [5, 5.41) is 0. The average molecular weight is 244 g/mol. The van der Waals surface area contributed by atoms with E-state index >= 15 is 0 Å². The van der Waals surface area contributed by atoms with Crippen molar-refractivity contribution in [1.29, 1.82) is 0 Å². The zero-order chi connectivity index (χ0) is 12.4. The third-order valence-electron chi connectivity index (χ3n) is 1.80. The normalized spacial score (nSPS) is 18.0. The standard InChI is InChI=1S/C7H8F8/c1-2-6(12,13)7(14,15)4(9)3(8)5(10)11/h3-5H,2H2,1H3/t3?,4-/m0/s1. The maximum atomic E-state index is 12.5. The highest BCUT2D eigenvalue weighted by atomic mass is 19.3. The van der Waals surface area contributed by atoms with Gasteiger partial charge in [0.1, 0.15) is 0 Å². The Morgan fingerprint density at radius 1 is 0.933 bits per heavy atom. The summed E-state index contributed by atoms with van der Waals surface area (Å²) in [5.41, 5.74) is 0. The summed E-state index contributed by atoms with van der Waals surface area (Å²) in [6, 6.07) is 0. The molecule has 0 saturated carbocycles. The van der Waals surface area contributed by atoms with Gasteiger partial charge in [-0.1, -0.05) is 6.92 Å². The summed E-state index contributed by atoms with van der Waals surface area (Å²) in [4.78, 5) is 0. The van der Waals surface area contributed by atoms with E-state index in [0.29, 0.717) is 6.92 Å². The van der Waals surface area contributed by atoms with E-state index in [1.165, 1.54) is 0 Å². The highest BCUT2D eigenvalue weighted by Crippen LogP contribution is 2.42. The van der Waals surface area contributed by atoms with Crippen molar-refractivity contribution >= 4 is 0 Å². The van der Waals surface area contributed by atoms with Crippen molar-refractivity contribution in [1.82, 2.24) is 0 Å². The number of alkyl halides is 8. The average Bonchev–Trinajstić information content (AvgIpc) is 2.14. The molecule has 0 radical (unpaired) electrons. The van der Waals surface area contributed by atoms with E-state index in [4.69, 9.17) is 0 Å². The van der Waals surface area contributed by atoms with Crippen molar-refractivity contribution in [3.8, 4) is 0 Å². The van der Waals surface area contributed by atoms with Gasteiger partial charge in [-0.15, -0.1) is 0 Å².